The number of halogens is 2. The van der Waals surface area contributed by atoms with E-state index in [0.717, 1.165) is 35.9 Å². The second-order valence-electron chi connectivity index (χ2n) is 6.18. The molecule has 0 saturated carbocycles. The van der Waals surface area contributed by atoms with Crippen molar-refractivity contribution in [3.8, 4) is 10.6 Å². The van der Waals surface area contributed by atoms with Crippen molar-refractivity contribution in [1.82, 2.24) is 4.98 Å². The first-order chi connectivity index (χ1) is 12.2. The Hall–Kier alpha value is -1.52. The summed E-state index contributed by atoms with van der Waals surface area (Å²) in [6.07, 6.45) is 2.99. The molecule has 2 aromatic heterocycles. The summed E-state index contributed by atoms with van der Waals surface area (Å²) in [4.78, 5) is 4.79. The molecule has 0 radical (unpaired) electrons. The normalized spacial score (nSPS) is 11.6. The van der Waals surface area contributed by atoms with Gasteiger partial charge in [0.05, 0.1) is 15.6 Å². The fourth-order valence-electron chi connectivity index (χ4n) is 3.33. The number of thiophene rings is 1. The summed E-state index contributed by atoms with van der Waals surface area (Å²) in [5, 5.41) is 3.69. The van der Waals surface area contributed by atoms with Crippen LogP contribution in [0.4, 0.5) is 0 Å². The zero-order valence-electron chi connectivity index (χ0n) is 13.6. The molecule has 4 aromatic rings. The predicted octanol–water partition coefficient (Wildman–Crippen LogP) is 6.64. The van der Waals surface area contributed by atoms with E-state index in [0.29, 0.717) is 16.6 Å². The fraction of sp³-hybridized carbons (Fsp3) is 0.200. The Balaban J connectivity index is 1.91. The highest BCUT2D eigenvalue weighted by Gasteiger charge is 2.17. The van der Waals surface area contributed by atoms with Gasteiger partial charge in [0.25, 0.3) is 0 Å². The number of rotatable bonds is 5. The number of hydrogen-bond donors (Lipinski definition) is 2. The second-order valence-corrected chi connectivity index (χ2v) is 8.11. The molecule has 4 rings (SSSR count). The summed E-state index contributed by atoms with van der Waals surface area (Å²) < 4.78 is 1.29. The number of H-pyrrole nitrogens is 1. The van der Waals surface area contributed by atoms with Gasteiger partial charge in [0, 0.05) is 20.6 Å². The summed E-state index contributed by atoms with van der Waals surface area (Å²) in [7, 11) is 0. The largest absolute Gasteiger partial charge is 0.354 e. The molecule has 0 amide bonds. The lowest BCUT2D eigenvalue weighted by atomic mass is 10.0. The van der Waals surface area contributed by atoms with Gasteiger partial charge in [-0.2, -0.15) is 0 Å². The van der Waals surface area contributed by atoms with Gasteiger partial charge < -0.3 is 10.7 Å². The molecule has 0 aliphatic carbocycles. The molecule has 0 saturated heterocycles. The molecule has 0 unspecified atom stereocenters. The first-order valence-electron chi connectivity index (χ1n) is 8.36. The molecule has 0 fully saturated rings. The summed E-state index contributed by atoms with van der Waals surface area (Å²) in [6.45, 7) is 0.708. The monoisotopic (exact) mass is 388 g/mol. The molecule has 0 spiro atoms. The number of fused-ring (bicyclic) bond motifs is 2. The van der Waals surface area contributed by atoms with E-state index in [1.807, 2.05) is 12.1 Å². The van der Waals surface area contributed by atoms with Gasteiger partial charge in [0.15, 0.2) is 0 Å². The highest BCUT2D eigenvalue weighted by molar-refractivity contribution is 7.22. The van der Waals surface area contributed by atoms with Crippen LogP contribution in [0.25, 0.3) is 31.6 Å². The van der Waals surface area contributed by atoms with Crippen LogP contribution in [-0.4, -0.2) is 11.5 Å². The van der Waals surface area contributed by atoms with Gasteiger partial charge in [0.2, 0.25) is 0 Å². The Morgan fingerprint density at radius 1 is 1.04 bits per heavy atom. The Kier molecular flexibility index (Phi) is 4.74. The van der Waals surface area contributed by atoms with E-state index >= 15 is 0 Å². The molecule has 0 bridgehead atoms. The van der Waals surface area contributed by atoms with Crippen molar-refractivity contribution < 1.29 is 0 Å². The average Bonchev–Trinajstić information content (AvgIpc) is 3.16. The standard InChI is InChI=1S/C20H18Cl2N2S/c21-13-10-15(22)19-14(6-3-4-8-23)20(24-16(19)11-13)18-9-12-5-1-2-7-17(12)25-18/h1-2,5,7,9-11,24H,3-4,6,8,23H2. The van der Waals surface area contributed by atoms with Gasteiger partial charge in [-0.1, -0.05) is 41.4 Å². The van der Waals surface area contributed by atoms with Gasteiger partial charge in [-0.25, -0.2) is 0 Å². The Morgan fingerprint density at radius 2 is 1.88 bits per heavy atom. The number of nitrogens with two attached hydrogens (primary N) is 1. The summed E-state index contributed by atoms with van der Waals surface area (Å²) in [5.41, 5.74) is 9.09. The first kappa shape index (κ1) is 16.9. The molecule has 0 aliphatic rings. The van der Waals surface area contributed by atoms with Crippen LogP contribution in [0.3, 0.4) is 0 Å². The zero-order valence-corrected chi connectivity index (χ0v) is 15.9. The van der Waals surface area contributed by atoms with Crippen LogP contribution in [0.15, 0.2) is 42.5 Å². The SMILES string of the molecule is NCCCCc1c(-c2cc3ccccc3s2)[nH]c2cc(Cl)cc(Cl)c12. The Bertz CT molecular complexity index is 1020. The molecule has 2 aromatic carbocycles. The number of unbranched alkanes of at least 4 members (excludes halogenated alkanes) is 1. The zero-order chi connectivity index (χ0) is 17.4. The molecule has 128 valence electrons. The van der Waals surface area contributed by atoms with Crippen LogP contribution in [0.5, 0.6) is 0 Å². The summed E-state index contributed by atoms with van der Waals surface area (Å²) >= 11 is 14.5. The third kappa shape index (κ3) is 3.18. The minimum Gasteiger partial charge on any atom is -0.354 e. The molecule has 5 heteroatoms. The van der Waals surface area contributed by atoms with Crippen molar-refractivity contribution >= 4 is 55.5 Å². The van der Waals surface area contributed by atoms with Gasteiger partial charge in [-0.3, -0.25) is 0 Å². The van der Waals surface area contributed by atoms with Crippen molar-refractivity contribution in [2.75, 3.05) is 6.54 Å². The van der Waals surface area contributed by atoms with Crippen LogP contribution in [0.2, 0.25) is 10.0 Å². The third-order valence-corrected chi connectivity index (χ3v) is 6.12. The Morgan fingerprint density at radius 3 is 2.68 bits per heavy atom. The van der Waals surface area contributed by atoms with E-state index in [9.17, 15) is 0 Å². The lowest BCUT2D eigenvalue weighted by molar-refractivity contribution is 0.748. The lowest BCUT2D eigenvalue weighted by Crippen LogP contribution is -1.99. The van der Waals surface area contributed by atoms with Gasteiger partial charge in [0.1, 0.15) is 0 Å². The topological polar surface area (TPSA) is 41.8 Å². The minimum absolute atomic E-state index is 0.648. The molecular weight excluding hydrogens is 371 g/mol. The van der Waals surface area contributed by atoms with Crippen LogP contribution in [0, 0.1) is 0 Å². The lowest BCUT2D eigenvalue weighted by Gasteiger charge is -2.04. The van der Waals surface area contributed by atoms with Gasteiger partial charge in [-0.05, 0) is 61.0 Å². The highest BCUT2D eigenvalue weighted by atomic mass is 35.5. The van der Waals surface area contributed by atoms with Crippen LogP contribution in [0.1, 0.15) is 18.4 Å². The molecule has 3 N–H and O–H groups in total. The van der Waals surface area contributed by atoms with E-state index in [4.69, 9.17) is 28.9 Å². The van der Waals surface area contributed by atoms with Gasteiger partial charge in [-0.15, -0.1) is 11.3 Å². The van der Waals surface area contributed by atoms with Crippen LogP contribution < -0.4 is 5.73 Å². The van der Waals surface area contributed by atoms with E-state index < -0.39 is 0 Å². The number of aryl methyl sites for hydroxylation is 1. The van der Waals surface area contributed by atoms with E-state index in [2.05, 4.69) is 35.3 Å². The predicted molar refractivity (Wildman–Crippen MR) is 111 cm³/mol. The van der Waals surface area contributed by atoms with Crippen molar-refractivity contribution in [2.24, 2.45) is 5.73 Å². The van der Waals surface area contributed by atoms with Crippen molar-refractivity contribution in [3.05, 3.63) is 58.1 Å². The van der Waals surface area contributed by atoms with Crippen LogP contribution >= 0.6 is 34.5 Å². The maximum atomic E-state index is 6.53. The number of nitrogens with one attached hydrogen (secondary N) is 1. The average molecular weight is 389 g/mol. The maximum Gasteiger partial charge on any atom is 0.0599 e. The molecule has 0 aliphatic heterocycles. The smallest absolute Gasteiger partial charge is 0.0599 e. The fourth-order valence-corrected chi connectivity index (χ4v) is 5.02. The highest BCUT2D eigenvalue weighted by Crippen LogP contribution is 2.41. The number of aromatic nitrogens is 1. The quantitative estimate of drug-likeness (QED) is 0.369. The number of aromatic amines is 1. The first-order valence-corrected chi connectivity index (χ1v) is 9.93. The van der Waals surface area contributed by atoms with E-state index in [-0.39, 0.29) is 0 Å². The summed E-state index contributed by atoms with van der Waals surface area (Å²) in [5.74, 6) is 0. The molecule has 0 atom stereocenters. The van der Waals surface area contributed by atoms with Crippen LogP contribution in [-0.2, 0) is 6.42 Å². The van der Waals surface area contributed by atoms with E-state index in [1.54, 1.807) is 11.3 Å². The maximum absolute atomic E-state index is 6.53. The number of benzene rings is 2. The second kappa shape index (κ2) is 7.00. The van der Waals surface area contributed by atoms with E-state index in [1.165, 1.54) is 20.5 Å². The van der Waals surface area contributed by atoms with Crippen molar-refractivity contribution in [3.63, 3.8) is 0 Å². The number of hydrogen-bond acceptors (Lipinski definition) is 2. The molecular formula is C20H18Cl2N2S. The molecule has 25 heavy (non-hydrogen) atoms. The summed E-state index contributed by atoms with van der Waals surface area (Å²) in [6, 6.07) is 14.5. The van der Waals surface area contributed by atoms with Crippen molar-refractivity contribution in [1.29, 1.82) is 0 Å². The Labute approximate surface area is 160 Å². The third-order valence-electron chi connectivity index (χ3n) is 4.47. The minimum atomic E-state index is 0.648. The van der Waals surface area contributed by atoms with Crippen molar-refractivity contribution in [2.45, 2.75) is 19.3 Å². The molecule has 2 heterocycles. The van der Waals surface area contributed by atoms with Gasteiger partial charge >= 0.3 is 0 Å². The molecule has 2 nitrogen and oxygen atoms in total.